The summed E-state index contributed by atoms with van der Waals surface area (Å²) in [5, 5.41) is 0. The van der Waals surface area contributed by atoms with Crippen molar-refractivity contribution in [3.05, 3.63) is 107 Å². The SMILES string of the molecule is CCCCC/C=C/CCCCCCCCCCCCCCCOC(=O)c1cccc(S(=O)(=O)[O-])c1C(=O)OCCCCCCCCCCCCCCC/C=C/CCCCC.CCCCC/C=C/CCCCCCCCCCCCCCCOC(=O)c1cccc(S(=O)(=O)[O-])c1C(=O)OCCCCCCCCCCCCCCC/C=C/CCCCC.[Ca+2]. The molecule has 0 unspecified atom stereocenters. The number of carbonyl (C=O) groups is 4. The summed E-state index contributed by atoms with van der Waals surface area (Å²) in [5.74, 6) is -3.61. The zero-order chi connectivity index (χ0) is 87.2. The fraction of sp³-hybridized carbons (Fsp3) is 0.769. The normalized spacial score (nSPS) is 11.8. The number of esters is 4. The fourth-order valence-corrected chi connectivity index (χ4v) is 16.8. The van der Waals surface area contributed by atoms with Crippen molar-refractivity contribution in [1.29, 1.82) is 0 Å². The summed E-state index contributed by atoms with van der Waals surface area (Å²) in [6, 6.07) is 7.29. The second-order valence-electron chi connectivity index (χ2n) is 34.2. The third-order valence-electron chi connectivity index (χ3n) is 23.0. The molecule has 0 amide bonds. The van der Waals surface area contributed by atoms with Gasteiger partial charge in [0, 0.05) is 0 Å². The predicted octanol–water partition coefficient (Wildman–Crippen LogP) is 31.8. The number of benzene rings is 2. The minimum absolute atomic E-state index is 0. The van der Waals surface area contributed by atoms with Crippen molar-refractivity contribution in [3.63, 3.8) is 0 Å². The zero-order valence-electron chi connectivity index (χ0n) is 78.1. The Balaban J connectivity index is 0.00000236. The van der Waals surface area contributed by atoms with Crippen LogP contribution < -0.4 is 0 Å². The zero-order valence-corrected chi connectivity index (χ0v) is 81.9. The summed E-state index contributed by atoms with van der Waals surface area (Å²) >= 11 is 0. The Labute approximate surface area is 773 Å². The van der Waals surface area contributed by atoms with Gasteiger partial charge in [0.25, 0.3) is 0 Å². The third-order valence-corrected chi connectivity index (χ3v) is 24.8. The Morgan fingerprint density at radius 3 is 0.545 bits per heavy atom. The van der Waals surface area contributed by atoms with Gasteiger partial charge in [-0.15, -0.1) is 0 Å². The first-order valence-corrected chi connectivity index (χ1v) is 52.9. The van der Waals surface area contributed by atoms with Crippen LogP contribution >= 0.6 is 0 Å². The van der Waals surface area contributed by atoms with Gasteiger partial charge in [0.05, 0.1) is 58.5 Å². The van der Waals surface area contributed by atoms with E-state index in [-0.39, 0.29) is 75.3 Å². The number of carbonyl (C=O) groups excluding carboxylic acids is 4. The van der Waals surface area contributed by atoms with Crippen molar-refractivity contribution in [1.82, 2.24) is 0 Å². The first-order valence-electron chi connectivity index (χ1n) is 50.1. The maximum atomic E-state index is 13.1. The molecule has 0 aliphatic heterocycles. The van der Waals surface area contributed by atoms with Crippen molar-refractivity contribution in [3.8, 4) is 0 Å². The molecule has 121 heavy (non-hydrogen) atoms. The van der Waals surface area contributed by atoms with Crippen molar-refractivity contribution >= 4 is 81.9 Å². The van der Waals surface area contributed by atoms with Crippen LogP contribution in [0, 0.1) is 0 Å². The predicted molar refractivity (Wildman–Crippen MR) is 507 cm³/mol. The van der Waals surface area contributed by atoms with Crippen LogP contribution in [0.5, 0.6) is 0 Å². The maximum Gasteiger partial charge on any atom is 2.00 e. The molecule has 0 atom stereocenters. The van der Waals surface area contributed by atoms with Crippen LogP contribution in [0.4, 0.5) is 0 Å². The number of hydrogen-bond donors (Lipinski definition) is 0. The number of allylic oxidation sites excluding steroid dienone is 8. The van der Waals surface area contributed by atoms with Crippen LogP contribution in [-0.4, -0.2) is 114 Å². The van der Waals surface area contributed by atoms with Crippen LogP contribution in [0.15, 0.2) is 94.8 Å². The molecule has 2 rings (SSSR count). The number of rotatable bonds is 86. The molecule has 0 saturated carbocycles. The molecular weight excluding hydrogens is 1580 g/mol. The molecule has 692 valence electrons. The molecule has 0 bridgehead atoms. The van der Waals surface area contributed by atoms with Crippen molar-refractivity contribution in [2.45, 2.75) is 500 Å². The molecule has 0 spiro atoms. The average Bonchev–Trinajstić information content (AvgIpc) is 0.796. The summed E-state index contributed by atoms with van der Waals surface area (Å²) in [6.07, 6.45) is 106. The van der Waals surface area contributed by atoms with Crippen molar-refractivity contribution in [2.24, 2.45) is 0 Å². The Bertz CT molecular complexity index is 2880. The van der Waals surface area contributed by atoms with E-state index in [1.807, 2.05) is 0 Å². The van der Waals surface area contributed by atoms with Crippen LogP contribution in [0.25, 0.3) is 0 Å². The first-order chi connectivity index (χ1) is 58.6. The van der Waals surface area contributed by atoms with Crippen LogP contribution in [0.2, 0.25) is 0 Å². The summed E-state index contributed by atoms with van der Waals surface area (Å²) in [4.78, 5) is 50.6. The van der Waals surface area contributed by atoms with E-state index in [0.717, 1.165) is 89.2 Å². The van der Waals surface area contributed by atoms with Crippen molar-refractivity contribution < 1.29 is 64.1 Å². The van der Waals surface area contributed by atoms with Crippen molar-refractivity contribution in [2.75, 3.05) is 26.4 Å². The van der Waals surface area contributed by atoms with Gasteiger partial charge in [0.2, 0.25) is 0 Å². The second kappa shape index (κ2) is 88.4. The molecule has 17 heteroatoms. The Kier molecular flexibility index (Phi) is 85.7. The van der Waals surface area contributed by atoms with Gasteiger partial charge in [-0.3, -0.25) is 0 Å². The second-order valence-corrected chi connectivity index (χ2v) is 36.9. The number of hydrogen-bond acceptors (Lipinski definition) is 14. The molecule has 0 aliphatic carbocycles. The van der Waals surface area contributed by atoms with Gasteiger partial charge < -0.3 is 28.1 Å². The smallest absolute Gasteiger partial charge is 0.744 e. The summed E-state index contributed by atoms with van der Waals surface area (Å²) < 4.78 is 93.8. The molecule has 0 fully saturated rings. The molecule has 0 aromatic heterocycles. The largest absolute Gasteiger partial charge is 2.00 e. The van der Waals surface area contributed by atoms with E-state index in [2.05, 4.69) is 76.3 Å². The minimum Gasteiger partial charge on any atom is -0.744 e. The molecule has 0 heterocycles. The molecule has 2 aromatic carbocycles. The molecule has 14 nitrogen and oxygen atoms in total. The summed E-state index contributed by atoms with van der Waals surface area (Å²) in [7, 11) is -10.0. The van der Waals surface area contributed by atoms with Crippen LogP contribution in [0.1, 0.15) is 531 Å². The monoisotopic (exact) mass is 1760 g/mol. The van der Waals surface area contributed by atoms with Gasteiger partial charge in [-0.1, -0.05) is 422 Å². The topological polar surface area (TPSA) is 220 Å². The molecule has 0 N–H and O–H groups in total. The van der Waals surface area contributed by atoms with Gasteiger partial charge in [-0.25, -0.2) is 36.0 Å². The van der Waals surface area contributed by atoms with Gasteiger partial charge in [-0.05, 0) is 153 Å². The van der Waals surface area contributed by atoms with Crippen LogP contribution in [0.3, 0.4) is 0 Å². The fourth-order valence-electron chi connectivity index (χ4n) is 15.4. The van der Waals surface area contributed by atoms with Gasteiger partial charge in [0.1, 0.15) is 20.2 Å². The van der Waals surface area contributed by atoms with E-state index >= 15 is 0 Å². The molecule has 0 radical (unpaired) electrons. The minimum atomic E-state index is -5.02. The van der Waals surface area contributed by atoms with E-state index in [1.165, 1.54) is 384 Å². The van der Waals surface area contributed by atoms with E-state index < -0.39 is 65.0 Å². The van der Waals surface area contributed by atoms with Gasteiger partial charge in [0.15, 0.2) is 0 Å². The maximum absolute atomic E-state index is 13.1. The van der Waals surface area contributed by atoms with Crippen LogP contribution in [-0.2, 0) is 39.2 Å². The Morgan fingerprint density at radius 2 is 0.380 bits per heavy atom. The molecule has 2 aromatic rings. The third kappa shape index (κ3) is 73.0. The molecular formula is C104H178CaO14S2. The van der Waals surface area contributed by atoms with E-state index in [0.29, 0.717) is 25.7 Å². The van der Waals surface area contributed by atoms with E-state index in [9.17, 15) is 45.1 Å². The Morgan fingerprint density at radius 1 is 0.231 bits per heavy atom. The standard InChI is InChI=1S/2C52H90O7S.Ca/c2*1-3-5-7-9-11-13-15-17-19-21-23-25-27-29-31-33-35-37-39-41-46-58-51(53)48-44-43-45-49(60(55,56)57)50(48)52(54)59-47-42-40-38-36-34-32-30-28-26-24-22-20-18-16-14-12-10-8-6-4-2;/h2*11-14,43-45H,3-10,15-42,46-47H2,1-2H3,(H,55,56,57);/q;;+2/p-2/b2*13-11+,14-12+;. The number of ether oxygens (including phenoxy) is 4. The first kappa shape index (κ1) is 117. The quantitative estimate of drug-likeness (QED) is 0.0150. The van der Waals surface area contributed by atoms with Gasteiger partial charge in [-0.2, -0.15) is 0 Å². The number of unbranched alkanes of at least 4 members (excludes halogenated alkanes) is 64. The molecule has 0 saturated heterocycles. The summed E-state index contributed by atoms with van der Waals surface area (Å²) in [6.45, 7) is 9.50. The van der Waals surface area contributed by atoms with Gasteiger partial charge >= 0.3 is 61.6 Å². The Hall–Kier alpha value is -3.64. The molecule has 0 aliphatic rings. The average molecular weight is 1760 g/mol. The van der Waals surface area contributed by atoms with E-state index in [4.69, 9.17) is 18.9 Å². The summed E-state index contributed by atoms with van der Waals surface area (Å²) in [5.41, 5.74) is -1.54. The van der Waals surface area contributed by atoms with E-state index in [1.54, 1.807) is 0 Å².